The van der Waals surface area contributed by atoms with Crippen molar-refractivity contribution in [3.05, 3.63) is 59.7 Å². The molecule has 0 unspecified atom stereocenters. The standard InChI is InChI=1S/C22H29NO/c1-22(2,3)19-10-8-17(9-11-19)21-7-5-4-6-18(21)16-24-20-12-14-23-15-13-20/h4-11,20,23H,12-16H2,1-3H3. The largest absolute Gasteiger partial charge is 0.373 e. The molecule has 24 heavy (non-hydrogen) atoms. The molecule has 0 aliphatic carbocycles. The highest BCUT2D eigenvalue weighted by molar-refractivity contribution is 5.67. The number of nitrogens with one attached hydrogen (secondary N) is 1. The summed E-state index contributed by atoms with van der Waals surface area (Å²) in [6.45, 7) is 9.59. The molecule has 0 aromatic heterocycles. The molecule has 1 aliphatic heterocycles. The maximum atomic E-state index is 6.17. The molecule has 128 valence electrons. The lowest BCUT2D eigenvalue weighted by Crippen LogP contribution is -2.32. The van der Waals surface area contributed by atoms with Crippen molar-refractivity contribution < 1.29 is 4.74 Å². The molecule has 2 aromatic carbocycles. The Balaban J connectivity index is 1.76. The summed E-state index contributed by atoms with van der Waals surface area (Å²) >= 11 is 0. The van der Waals surface area contributed by atoms with E-state index < -0.39 is 0 Å². The third kappa shape index (κ3) is 4.25. The fourth-order valence-electron chi connectivity index (χ4n) is 3.25. The second kappa shape index (κ2) is 7.50. The van der Waals surface area contributed by atoms with E-state index in [1.807, 2.05) is 0 Å². The Bertz CT molecular complexity index is 648. The maximum absolute atomic E-state index is 6.17. The zero-order valence-electron chi connectivity index (χ0n) is 15.1. The second-order valence-corrected chi connectivity index (χ2v) is 7.74. The Hall–Kier alpha value is -1.64. The first-order chi connectivity index (χ1) is 11.5. The highest BCUT2D eigenvalue weighted by atomic mass is 16.5. The summed E-state index contributed by atoms with van der Waals surface area (Å²) in [6.07, 6.45) is 2.62. The third-order valence-electron chi connectivity index (χ3n) is 4.84. The van der Waals surface area contributed by atoms with Gasteiger partial charge in [-0.3, -0.25) is 0 Å². The summed E-state index contributed by atoms with van der Waals surface area (Å²) in [5.41, 5.74) is 5.39. The number of benzene rings is 2. The Labute approximate surface area is 146 Å². The molecule has 2 heteroatoms. The van der Waals surface area contributed by atoms with Crippen LogP contribution >= 0.6 is 0 Å². The van der Waals surface area contributed by atoms with E-state index in [0.717, 1.165) is 25.9 Å². The van der Waals surface area contributed by atoms with Gasteiger partial charge in [0.25, 0.3) is 0 Å². The zero-order valence-corrected chi connectivity index (χ0v) is 15.1. The molecule has 0 bridgehead atoms. The molecule has 2 aromatic rings. The first kappa shape index (κ1) is 17.2. The fraction of sp³-hybridized carbons (Fsp3) is 0.455. The Kier molecular flexibility index (Phi) is 5.37. The predicted molar refractivity (Wildman–Crippen MR) is 101 cm³/mol. The highest BCUT2D eigenvalue weighted by Crippen LogP contribution is 2.28. The van der Waals surface area contributed by atoms with Crippen molar-refractivity contribution in [2.45, 2.75) is 51.7 Å². The normalized spacial score (nSPS) is 16.3. The van der Waals surface area contributed by atoms with Gasteiger partial charge in [-0.1, -0.05) is 69.3 Å². The van der Waals surface area contributed by atoms with Gasteiger partial charge in [-0.2, -0.15) is 0 Å². The highest BCUT2D eigenvalue weighted by Gasteiger charge is 2.15. The van der Waals surface area contributed by atoms with Gasteiger partial charge in [0.15, 0.2) is 0 Å². The minimum atomic E-state index is 0.191. The molecule has 1 fully saturated rings. The van der Waals surface area contributed by atoms with Crippen LogP contribution < -0.4 is 5.32 Å². The summed E-state index contributed by atoms with van der Waals surface area (Å²) in [5, 5.41) is 3.39. The zero-order chi connectivity index (χ0) is 17.0. The molecule has 2 nitrogen and oxygen atoms in total. The molecule has 1 saturated heterocycles. The maximum Gasteiger partial charge on any atom is 0.0726 e. The Morgan fingerprint density at radius 1 is 0.958 bits per heavy atom. The van der Waals surface area contributed by atoms with E-state index in [2.05, 4.69) is 74.6 Å². The van der Waals surface area contributed by atoms with Crippen LogP contribution in [-0.2, 0) is 16.8 Å². The average molecular weight is 323 g/mol. The van der Waals surface area contributed by atoms with Crippen LogP contribution in [0.3, 0.4) is 0 Å². The summed E-state index contributed by atoms with van der Waals surface area (Å²) in [5.74, 6) is 0. The summed E-state index contributed by atoms with van der Waals surface area (Å²) in [7, 11) is 0. The van der Waals surface area contributed by atoms with Crippen molar-refractivity contribution in [2.24, 2.45) is 0 Å². The van der Waals surface area contributed by atoms with Crippen molar-refractivity contribution in [3.8, 4) is 11.1 Å². The molecule has 1 aliphatic rings. The van der Waals surface area contributed by atoms with Gasteiger partial charge in [0.05, 0.1) is 12.7 Å². The predicted octanol–water partition coefficient (Wildman–Crippen LogP) is 4.92. The van der Waals surface area contributed by atoms with Gasteiger partial charge < -0.3 is 10.1 Å². The van der Waals surface area contributed by atoms with Crippen LogP contribution in [0.15, 0.2) is 48.5 Å². The molecular formula is C22H29NO. The minimum Gasteiger partial charge on any atom is -0.373 e. The van der Waals surface area contributed by atoms with Gasteiger partial charge in [0.1, 0.15) is 0 Å². The lowest BCUT2D eigenvalue weighted by atomic mass is 9.86. The Morgan fingerprint density at radius 2 is 1.62 bits per heavy atom. The topological polar surface area (TPSA) is 21.3 Å². The SMILES string of the molecule is CC(C)(C)c1ccc(-c2ccccc2COC2CCNCC2)cc1. The van der Waals surface area contributed by atoms with Gasteiger partial charge in [0, 0.05) is 0 Å². The summed E-state index contributed by atoms with van der Waals surface area (Å²) < 4.78 is 6.17. The van der Waals surface area contributed by atoms with Crippen molar-refractivity contribution in [3.63, 3.8) is 0 Å². The quantitative estimate of drug-likeness (QED) is 0.862. The first-order valence-electron chi connectivity index (χ1n) is 9.05. The number of piperidine rings is 1. The molecule has 1 N–H and O–H groups in total. The van der Waals surface area contributed by atoms with Crippen LogP contribution in [0, 0.1) is 0 Å². The van der Waals surface area contributed by atoms with Crippen molar-refractivity contribution >= 4 is 0 Å². The molecular weight excluding hydrogens is 294 g/mol. The minimum absolute atomic E-state index is 0.191. The van der Waals surface area contributed by atoms with E-state index >= 15 is 0 Å². The molecule has 3 rings (SSSR count). The van der Waals surface area contributed by atoms with E-state index in [0.29, 0.717) is 12.7 Å². The van der Waals surface area contributed by atoms with Crippen LogP contribution in [0.4, 0.5) is 0 Å². The Morgan fingerprint density at radius 3 is 2.29 bits per heavy atom. The van der Waals surface area contributed by atoms with E-state index in [1.165, 1.54) is 22.3 Å². The second-order valence-electron chi connectivity index (χ2n) is 7.74. The molecule has 0 spiro atoms. The van der Waals surface area contributed by atoms with Crippen molar-refractivity contribution in [2.75, 3.05) is 13.1 Å². The molecule has 0 radical (unpaired) electrons. The van der Waals surface area contributed by atoms with Gasteiger partial charge in [0.2, 0.25) is 0 Å². The molecule has 1 heterocycles. The first-order valence-corrected chi connectivity index (χ1v) is 9.05. The van der Waals surface area contributed by atoms with E-state index in [1.54, 1.807) is 0 Å². The third-order valence-corrected chi connectivity index (χ3v) is 4.84. The number of rotatable bonds is 4. The number of ether oxygens (including phenoxy) is 1. The van der Waals surface area contributed by atoms with Crippen molar-refractivity contribution in [1.29, 1.82) is 0 Å². The van der Waals surface area contributed by atoms with Crippen LogP contribution in [-0.4, -0.2) is 19.2 Å². The van der Waals surface area contributed by atoms with E-state index in [9.17, 15) is 0 Å². The van der Waals surface area contributed by atoms with Crippen LogP contribution in [0.25, 0.3) is 11.1 Å². The fourth-order valence-corrected chi connectivity index (χ4v) is 3.25. The van der Waals surface area contributed by atoms with E-state index in [-0.39, 0.29) is 5.41 Å². The average Bonchev–Trinajstić information content (AvgIpc) is 2.60. The number of hydrogen-bond donors (Lipinski definition) is 1. The molecule has 0 atom stereocenters. The molecule has 0 amide bonds. The smallest absolute Gasteiger partial charge is 0.0726 e. The van der Waals surface area contributed by atoms with Crippen LogP contribution in [0.2, 0.25) is 0 Å². The lowest BCUT2D eigenvalue weighted by molar-refractivity contribution is 0.0214. The van der Waals surface area contributed by atoms with Gasteiger partial charge in [-0.25, -0.2) is 0 Å². The van der Waals surface area contributed by atoms with Crippen molar-refractivity contribution in [1.82, 2.24) is 5.32 Å². The van der Waals surface area contributed by atoms with Crippen LogP contribution in [0.1, 0.15) is 44.7 Å². The molecule has 0 saturated carbocycles. The van der Waals surface area contributed by atoms with Gasteiger partial charge in [-0.15, -0.1) is 0 Å². The van der Waals surface area contributed by atoms with Crippen LogP contribution in [0.5, 0.6) is 0 Å². The summed E-state index contributed by atoms with van der Waals surface area (Å²) in [4.78, 5) is 0. The number of hydrogen-bond acceptors (Lipinski definition) is 2. The monoisotopic (exact) mass is 323 g/mol. The van der Waals surface area contributed by atoms with Gasteiger partial charge in [-0.05, 0) is 53.6 Å². The van der Waals surface area contributed by atoms with Gasteiger partial charge >= 0.3 is 0 Å². The lowest BCUT2D eigenvalue weighted by Gasteiger charge is -2.23. The summed E-state index contributed by atoms with van der Waals surface area (Å²) in [6, 6.07) is 17.6. The van der Waals surface area contributed by atoms with E-state index in [4.69, 9.17) is 4.74 Å².